The molecule has 2 heterocycles. The van der Waals surface area contributed by atoms with Crippen molar-refractivity contribution in [3.05, 3.63) is 0 Å². The van der Waals surface area contributed by atoms with Gasteiger partial charge in [0.2, 0.25) is 0 Å². The van der Waals surface area contributed by atoms with E-state index in [2.05, 4.69) is 41.2 Å². The first-order valence-electron chi connectivity index (χ1n) is 11.3. The van der Waals surface area contributed by atoms with E-state index in [0.29, 0.717) is 18.2 Å². The summed E-state index contributed by atoms with van der Waals surface area (Å²) in [7, 11) is 0. The van der Waals surface area contributed by atoms with Gasteiger partial charge in [0.05, 0.1) is 12.2 Å². The molecule has 1 saturated carbocycles. The van der Waals surface area contributed by atoms with E-state index in [9.17, 15) is 0 Å². The minimum atomic E-state index is 0.349. The molecule has 2 N–H and O–H groups in total. The fourth-order valence-corrected chi connectivity index (χ4v) is 4.97. The average molecular weight is 380 g/mol. The zero-order chi connectivity index (χ0) is 19.1. The smallest absolute Gasteiger partial charge is 0.191 e. The van der Waals surface area contributed by atoms with Crippen molar-refractivity contribution in [2.75, 3.05) is 45.8 Å². The van der Waals surface area contributed by atoms with Gasteiger partial charge in [-0.1, -0.05) is 12.8 Å². The van der Waals surface area contributed by atoms with Crippen LogP contribution in [0.5, 0.6) is 0 Å². The molecule has 0 amide bonds. The summed E-state index contributed by atoms with van der Waals surface area (Å²) in [4.78, 5) is 10.1. The maximum absolute atomic E-state index is 5.82. The van der Waals surface area contributed by atoms with Gasteiger partial charge in [0.1, 0.15) is 0 Å². The van der Waals surface area contributed by atoms with Gasteiger partial charge in [-0.05, 0) is 46.5 Å². The van der Waals surface area contributed by atoms with Crippen molar-refractivity contribution in [1.29, 1.82) is 0 Å². The molecule has 0 radical (unpaired) electrons. The Kier molecular flexibility index (Phi) is 8.22. The lowest BCUT2D eigenvalue weighted by Gasteiger charge is -2.35. The Balaban J connectivity index is 1.39. The molecule has 6 heteroatoms. The molecule has 3 fully saturated rings. The molecule has 1 aliphatic carbocycles. The van der Waals surface area contributed by atoms with Gasteiger partial charge in [-0.15, -0.1) is 0 Å². The predicted octanol–water partition coefficient (Wildman–Crippen LogP) is 2.06. The van der Waals surface area contributed by atoms with Crippen LogP contribution in [0.15, 0.2) is 4.99 Å². The Morgan fingerprint density at radius 1 is 1.07 bits per heavy atom. The van der Waals surface area contributed by atoms with Crippen molar-refractivity contribution < 1.29 is 4.74 Å². The lowest BCUT2D eigenvalue weighted by Crippen LogP contribution is -2.46. The molecule has 2 aliphatic heterocycles. The number of aliphatic imine (C=N–C) groups is 1. The second kappa shape index (κ2) is 10.6. The molecule has 3 aliphatic rings. The molecule has 0 spiro atoms. The van der Waals surface area contributed by atoms with Crippen LogP contribution < -0.4 is 10.6 Å². The molecule has 2 saturated heterocycles. The third-order valence-electron chi connectivity index (χ3n) is 6.14. The first-order chi connectivity index (χ1) is 13.1. The van der Waals surface area contributed by atoms with E-state index >= 15 is 0 Å². The van der Waals surface area contributed by atoms with Crippen LogP contribution in [0, 0.1) is 0 Å². The van der Waals surface area contributed by atoms with Crippen LogP contribution in [-0.4, -0.2) is 85.9 Å². The van der Waals surface area contributed by atoms with Crippen LogP contribution in [0.25, 0.3) is 0 Å². The summed E-state index contributed by atoms with van der Waals surface area (Å²) in [5.41, 5.74) is 0. The van der Waals surface area contributed by atoms with E-state index in [0.717, 1.165) is 51.1 Å². The molecule has 156 valence electrons. The van der Waals surface area contributed by atoms with E-state index in [1.807, 2.05) is 0 Å². The van der Waals surface area contributed by atoms with E-state index in [1.165, 1.54) is 45.2 Å². The zero-order valence-corrected chi connectivity index (χ0v) is 17.8. The van der Waals surface area contributed by atoms with Crippen molar-refractivity contribution in [2.45, 2.75) is 83.6 Å². The van der Waals surface area contributed by atoms with Crippen molar-refractivity contribution in [3.63, 3.8) is 0 Å². The Morgan fingerprint density at radius 3 is 2.52 bits per heavy atom. The van der Waals surface area contributed by atoms with Crippen LogP contribution in [0.3, 0.4) is 0 Å². The largest absolute Gasteiger partial charge is 0.373 e. The number of likely N-dealkylation sites (tertiary alicyclic amines) is 1. The Hall–Kier alpha value is -0.850. The van der Waals surface area contributed by atoms with Gasteiger partial charge in [0, 0.05) is 57.9 Å². The minimum absolute atomic E-state index is 0.349. The van der Waals surface area contributed by atoms with E-state index in [1.54, 1.807) is 0 Å². The summed E-state index contributed by atoms with van der Waals surface area (Å²) in [5, 5.41) is 7.12. The number of nitrogens with one attached hydrogen (secondary N) is 2. The SMILES string of the molecule is CCNC(=NCCCN1CC(C)OC(C)C1)NC1CCN(C2CCCC2)C1. The fourth-order valence-electron chi connectivity index (χ4n) is 4.97. The van der Waals surface area contributed by atoms with E-state index < -0.39 is 0 Å². The first-order valence-corrected chi connectivity index (χ1v) is 11.3. The number of hydrogen-bond acceptors (Lipinski definition) is 4. The van der Waals surface area contributed by atoms with Gasteiger partial charge in [0.15, 0.2) is 5.96 Å². The van der Waals surface area contributed by atoms with Gasteiger partial charge >= 0.3 is 0 Å². The second-order valence-corrected chi connectivity index (χ2v) is 8.69. The molecule has 0 aromatic heterocycles. The normalized spacial score (nSPS) is 31.5. The summed E-state index contributed by atoms with van der Waals surface area (Å²) in [6, 6.07) is 1.39. The minimum Gasteiger partial charge on any atom is -0.373 e. The van der Waals surface area contributed by atoms with Gasteiger partial charge in [0.25, 0.3) is 0 Å². The number of morpholine rings is 1. The van der Waals surface area contributed by atoms with Crippen LogP contribution in [-0.2, 0) is 4.74 Å². The van der Waals surface area contributed by atoms with E-state index in [4.69, 9.17) is 9.73 Å². The fraction of sp³-hybridized carbons (Fsp3) is 0.952. The van der Waals surface area contributed by atoms with Gasteiger partial charge in [-0.2, -0.15) is 0 Å². The van der Waals surface area contributed by atoms with Gasteiger partial charge in [-0.3, -0.25) is 14.8 Å². The predicted molar refractivity (Wildman–Crippen MR) is 112 cm³/mol. The average Bonchev–Trinajstić information content (AvgIpc) is 3.29. The quantitative estimate of drug-likeness (QED) is 0.403. The van der Waals surface area contributed by atoms with Crippen LogP contribution >= 0.6 is 0 Å². The Labute approximate surface area is 166 Å². The second-order valence-electron chi connectivity index (χ2n) is 8.69. The highest BCUT2D eigenvalue weighted by atomic mass is 16.5. The topological polar surface area (TPSA) is 52.1 Å². The summed E-state index contributed by atoms with van der Waals surface area (Å²) >= 11 is 0. The van der Waals surface area contributed by atoms with Crippen molar-refractivity contribution in [3.8, 4) is 0 Å². The molecule has 0 aromatic rings. The number of rotatable bonds is 7. The standard InChI is InChI=1S/C21H41N5O/c1-4-22-21(23-11-7-12-25-14-17(2)27-18(3)15-25)24-19-10-13-26(16-19)20-8-5-6-9-20/h17-20H,4-16H2,1-3H3,(H2,22,23,24). The summed E-state index contributed by atoms with van der Waals surface area (Å²) in [6.45, 7) is 13.9. The number of hydrogen-bond donors (Lipinski definition) is 2. The zero-order valence-electron chi connectivity index (χ0n) is 17.8. The van der Waals surface area contributed by atoms with Crippen LogP contribution in [0.4, 0.5) is 0 Å². The first kappa shape index (κ1) is 20.9. The van der Waals surface area contributed by atoms with Gasteiger partial charge in [-0.25, -0.2) is 0 Å². The molecule has 0 aromatic carbocycles. The highest BCUT2D eigenvalue weighted by molar-refractivity contribution is 5.80. The lowest BCUT2D eigenvalue weighted by molar-refractivity contribution is -0.0679. The highest BCUT2D eigenvalue weighted by Crippen LogP contribution is 2.26. The molecule has 3 rings (SSSR count). The van der Waals surface area contributed by atoms with Crippen molar-refractivity contribution >= 4 is 5.96 Å². The third-order valence-corrected chi connectivity index (χ3v) is 6.14. The highest BCUT2D eigenvalue weighted by Gasteiger charge is 2.30. The Morgan fingerprint density at radius 2 is 1.81 bits per heavy atom. The van der Waals surface area contributed by atoms with Crippen molar-refractivity contribution in [2.24, 2.45) is 4.99 Å². The molecule has 3 atom stereocenters. The summed E-state index contributed by atoms with van der Waals surface area (Å²) in [5.74, 6) is 1.000. The monoisotopic (exact) mass is 379 g/mol. The van der Waals surface area contributed by atoms with E-state index in [-0.39, 0.29) is 0 Å². The number of guanidine groups is 1. The summed E-state index contributed by atoms with van der Waals surface area (Å²) < 4.78 is 5.82. The third kappa shape index (κ3) is 6.61. The number of nitrogens with zero attached hydrogens (tertiary/aromatic N) is 3. The Bertz CT molecular complexity index is 455. The van der Waals surface area contributed by atoms with Gasteiger partial charge < -0.3 is 15.4 Å². The van der Waals surface area contributed by atoms with Crippen LogP contribution in [0.2, 0.25) is 0 Å². The maximum atomic E-state index is 5.82. The van der Waals surface area contributed by atoms with Crippen molar-refractivity contribution in [1.82, 2.24) is 20.4 Å². The van der Waals surface area contributed by atoms with Crippen LogP contribution in [0.1, 0.15) is 59.3 Å². The summed E-state index contributed by atoms with van der Waals surface area (Å²) in [6.07, 6.45) is 8.69. The molecule has 6 nitrogen and oxygen atoms in total. The lowest BCUT2D eigenvalue weighted by atomic mass is 10.2. The molecule has 27 heavy (non-hydrogen) atoms. The molecule has 3 unspecified atom stereocenters. The molecular weight excluding hydrogens is 338 g/mol. The number of ether oxygens (including phenoxy) is 1. The maximum Gasteiger partial charge on any atom is 0.191 e. The molecule has 0 bridgehead atoms. The molecular formula is C21H41N5O.